The van der Waals surface area contributed by atoms with Crippen LogP contribution in [0.15, 0.2) is 0 Å². The van der Waals surface area contributed by atoms with Crippen LogP contribution in [0.1, 0.15) is 59.3 Å². The van der Waals surface area contributed by atoms with E-state index in [9.17, 15) is 9.59 Å². The maximum atomic E-state index is 12.4. The van der Waals surface area contributed by atoms with Crippen molar-refractivity contribution in [3.8, 4) is 0 Å². The van der Waals surface area contributed by atoms with E-state index in [2.05, 4.69) is 10.6 Å². The van der Waals surface area contributed by atoms with Gasteiger partial charge in [0, 0.05) is 17.9 Å². The maximum Gasteiger partial charge on any atom is 0.152 e. The van der Waals surface area contributed by atoms with Gasteiger partial charge in [0.15, 0.2) is 11.6 Å². The molecular weight excluding hydrogens is 264 g/mol. The fraction of sp³-hybridized carbons (Fsp3) is 0.882. The van der Waals surface area contributed by atoms with Crippen LogP contribution in [-0.4, -0.2) is 36.2 Å². The molecule has 0 bridgehead atoms. The second-order valence-electron chi connectivity index (χ2n) is 7.09. The Morgan fingerprint density at radius 1 is 1.00 bits per heavy atom. The minimum absolute atomic E-state index is 0.00402. The van der Waals surface area contributed by atoms with Crippen molar-refractivity contribution in [3.63, 3.8) is 0 Å². The number of ketones is 2. The predicted octanol–water partition coefficient (Wildman–Crippen LogP) is 2.07. The standard InChI is InChI=1S/C17H30N2O2/c1-11(2)16(20)15-7-4-6-13(19-15)10-12(3)17(21)14-8-5-9-18-14/h11-15,18-19H,4-10H2,1-3H3. The molecule has 2 saturated heterocycles. The summed E-state index contributed by atoms with van der Waals surface area (Å²) in [7, 11) is 0. The minimum Gasteiger partial charge on any atom is -0.307 e. The van der Waals surface area contributed by atoms with E-state index >= 15 is 0 Å². The molecule has 2 N–H and O–H groups in total. The van der Waals surface area contributed by atoms with Gasteiger partial charge in [0.2, 0.25) is 0 Å². The Hall–Kier alpha value is -0.740. The Balaban J connectivity index is 1.84. The van der Waals surface area contributed by atoms with Crippen LogP contribution in [0.2, 0.25) is 0 Å². The molecule has 2 rings (SSSR count). The predicted molar refractivity (Wildman–Crippen MR) is 84.2 cm³/mol. The highest BCUT2D eigenvalue weighted by Gasteiger charge is 2.31. The lowest BCUT2D eigenvalue weighted by Gasteiger charge is -2.32. The van der Waals surface area contributed by atoms with Gasteiger partial charge in [-0.1, -0.05) is 20.8 Å². The number of carbonyl (C=O) groups excluding carboxylic acids is 2. The summed E-state index contributed by atoms with van der Waals surface area (Å²) >= 11 is 0. The summed E-state index contributed by atoms with van der Waals surface area (Å²) in [4.78, 5) is 24.5. The van der Waals surface area contributed by atoms with Crippen LogP contribution < -0.4 is 10.6 Å². The lowest BCUT2D eigenvalue weighted by Crippen LogP contribution is -2.49. The number of hydrogen-bond acceptors (Lipinski definition) is 4. The topological polar surface area (TPSA) is 58.2 Å². The first kappa shape index (κ1) is 16.6. The quantitative estimate of drug-likeness (QED) is 0.787. The van der Waals surface area contributed by atoms with Crippen molar-refractivity contribution in [2.24, 2.45) is 11.8 Å². The molecule has 0 aromatic rings. The third kappa shape index (κ3) is 4.36. The lowest BCUT2D eigenvalue weighted by atomic mass is 9.86. The molecule has 21 heavy (non-hydrogen) atoms. The third-order valence-corrected chi connectivity index (χ3v) is 4.92. The molecule has 0 aliphatic carbocycles. The SMILES string of the molecule is CC(C)C(=O)C1CCCC(CC(C)C(=O)C2CCCN2)N1. The third-order valence-electron chi connectivity index (χ3n) is 4.92. The van der Waals surface area contributed by atoms with Crippen LogP contribution in [0.25, 0.3) is 0 Å². The van der Waals surface area contributed by atoms with E-state index in [1.165, 1.54) is 0 Å². The van der Waals surface area contributed by atoms with Crippen molar-refractivity contribution in [2.45, 2.75) is 77.4 Å². The molecule has 4 heteroatoms. The molecule has 0 radical (unpaired) electrons. The molecule has 2 aliphatic heterocycles. The average molecular weight is 294 g/mol. The van der Waals surface area contributed by atoms with Crippen molar-refractivity contribution in [1.82, 2.24) is 10.6 Å². The number of piperidine rings is 1. The Morgan fingerprint density at radius 2 is 1.71 bits per heavy atom. The first-order valence-electron chi connectivity index (χ1n) is 8.56. The Kier molecular flexibility index (Phi) is 5.94. The molecule has 4 nitrogen and oxygen atoms in total. The second kappa shape index (κ2) is 7.50. The van der Waals surface area contributed by atoms with Crippen molar-refractivity contribution in [3.05, 3.63) is 0 Å². The zero-order valence-corrected chi connectivity index (χ0v) is 13.7. The fourth-order valence-corrected chi connectivity index (χ4v) is 3.65. The van der Waals surface area contributed by atoms with E-state index in [0.717, 1.165) is 45.1 Å². The van der Waals surface area contributed by atoms with Crippen LogP contribution >= 0.6 is 0 Å². The largest absolute Gasteiger partial charge is 0.307 e. The molecule has 0 aromatic heterocycles. The van der Waals surface area contributed by atoms with Gasteiger partial charge in [-0.05, 0) is 45.1 Å². The normalized spacial score (nSPS) is 31.3. The fourth-order valence-electron chi connectivity index (χ4n) is 3.65. The molecule has 0 amide bonds. The monoisotopic (exact) mass is 294 g/mol. The molecule has 0 aromatic carbocycles. The maximum absolute atomic E-state index is 12.4. The molecule has 0 saturated carbocycles. The number of nitrogens with one attached hydrogen (secondary N) is 2. The summed E-state index contributed by atoms with van der Waals surface area (Å²) in [6, 6.07) is 0.374. The molecule has 4 atom stereocenters. The van der Waals surface area contributed by atoms with Gasteiger partial charge in [-0.25, -0.2) is 0 Å². The van der Waals surface area contributed by atoms with Crippen LogP contribution in [-0.2, 0) is 9.59 Å². The van der Waals surface area contributed by atoms with Crippen molar-refractivity contribution < 1.29 is 9.59 Å². The number of Topliss-reactive ketones (excluding diaryl/α,β-unsaturated/α-hetero) is 2. The number of carbonyl (C=O) groups is 2. The van der Waals surface area contributed by atoms with Crippen LogP contribution in [0.4, 0.5) is 0 Å². The highest BCUT2D eigenvalue weighted by Crippen LogP contribution is 2.22. The van der Waals surface area contributed by atoms with Crippen molar-refractivity contribution in [1.29, 1.82) is 0 Å². The summed E-state index contributed by atoms with van der Waals surface area (Å²) in [5.74, 6) is 0.830. The van der Waals surface area contributed by atoms with E-state index in [1.807, 2.05) is 20.8 Å². The number of rotatable bonds is 6. The average Bonchev–Trinajstić information content (AvgIpc) is 2.99. The summed E-state index contributed by atoms with van der Waals surface area (Å²) in [5, 5.41) is 6.78. The van der Waals surface area contributed by atoms with Gasteiger partial charge in [-0.3, -0.25) is 9.59 Å². The summed E-state index contributed by atoms with van der Waals surface area (Å²) < 4.78 is 0. The molecule has 4 unspecified atom stereocenters. The van der Waals surface area contributed by atoms with E-state index < -0.39 is 0 Å². The Morgan fingerprint density at radius 3 is 2.33 bits per heavy atom. The molecular formula is C17H30N2O2. The first-order valence-corrected chi connectivity index (χ1v) is 8.56. The van der Waals surface area contributed by atoms with Crippen LogP contribution in [0, 0.1) is 11.8 Å². The van der Waals surface area contributed by atoms with E-state index in [0.29, 0.717) is 17.6 Å². The van der Waals surface area contributed by atoms with Gasteiger partial charge in [0.25, 0.3) is 0 Å². The lowest BCUT2D eigenvalue weighted by molar-refractivity contribution is -0.125. The first-order chi connectivity index (χ1) is 9.99. The summed E-state index contributed by atoms with van der Waals surface area (Å²) in [6.07, 6.45) is 6.06. The summed E-state index contributed by atoms with van der Waals surface area (Å²) in [6.45, 7) is 6.94. The van der Waals surface area contributed by atoms with Gasteiger partial charge in [-0.2, -0.15) is 0 Å². The smallest absolute Gasteiger partial charge is 0.152 e. The van der Waals surface area contributed by atoms with Crippen LogP contribution in [0.5, 0.6) is 0 Å². The Labute approximate surface area is 128 Å². The molecule has 120 valence electrons. The zero-order valence-electron chi connectivity index (χ0n) is 13.7. The molecule has 2 heterocycles. The van der Waals surface area contributed by atoms with Gasteiger partial charge in [-0.15, -0.1) is 0 Å². The van der Waals surface area contributed by atoms with Crippen molar-refractivity contribution in [2.75, 3.05) is 6.54 Å². The van der Waals surface area contributed by atoms with Gasteiger partial charge < -0.3 is 10.6 Å². The van der Waals surface area contributed by atoms with Gasteiger partial charge >= 0.3 is 0 Å². The highest BCUT2D eigenvalue weighted by molar-refractivity contribution is 5.86. The highest BCUT2D eigenvalue weighted by atomic mass is 16.1. The molecule has 2 aliphatic rings. The van der Waals surface area contributed by atoms with E-state index in [-0.39, 0.29) is 23.9 Å². The number of hydrogen-bond donors (Lipinski definition) is 2. The van der Waals surface area contributed by atoms with Crippen molar-refractivity contribution >= 4 is 11.6 Å². The Bertz CT molecular complexity index is 375. The van der Waals surface area contributed by atoms with E-state index in [1.54, 1.807) is 0 Å². The van der Waals surface area contributed by atoms with Gasteiger partial charge in [0.05, 0.1) is 12.1 Å². The van der Waals surface area contributed by atoms with Gasteiger partial charge in [0.1, 0.15) is 0 Å². The second-order valence-corrected chi connectivity index (χ2v) is 7.09. The molecule has 2 fully saturated rings. The van der Waals surface area contributed by atoms with E-state index in [4.69, 9.17) is 0 Å². The summed E-state index contributed by atoms with van der Waals surface area (Å²) in [5.41, 5.74) is 0. The van der Waals surface area contributed by atoms with Crippen LogP contribution in [0.3, 0.4) is 0 Å². The molecule has 0 spiro atoms. The minimum atomic E-state index is -0.00402. The zero-order chi connectivity index (χ0) is 15.4.